The second-order valence-corrected chi connectivity index (χ2v) is 5.15. The number of anilines is 1. The highest BCUT2D eigenvalue weighted by atomic mass is 16.6. The van der Waals surface area contributed by atoms with E-state index < -0.39 is 4.92 Å². The number of nitrogens with zero attached hydrogens (tertiary/aromatic N) is 4. The molecule has 108 valence electrons. The lowest BCUT2D eigenvalue weighted by Crippen LogP contribution is -2.23. The van der Waals surface area contributed by atoms with E-state index in [0.29, 0.717) is 12.1 Å². The van der Waals surface area contributed by atoms with Gasteiger partial charge in [-0.15, -0.1) is 0 Å². The Kier molecular flexibility index (Phi) is 4.03. The van der Waals surface area contributed by atoms with Gasteiger partial charge in [-0.1, -0.05) is 0 Å². The molecule has 0 aliphatic carbocycles. The van der Waals surface area contributed by atoms with Crippen molar-refractivity contribution in [2.75, 3.05) is 18.5 Å². The molecule has 1 aromatic carbocycles. The Morgan fingerprint density at radius 1 is 1.48 bits per heavy atom. The van der Waals surface area contributed by atoms with Crippen LogP contribution in [0.3, 0.4) is 0 Å². The highest BCUT2D eigenvalue weighted by Crippen LogP contribution is 2.29. The first kappa shape index (κ1) is 14.7. The van der Waals surface area contributed by atoms with Crippen molar-refractivity contribution in [1.29, 1.82) is 5.26 Å². The van der Waals surface area contributed by atoms with E-state index in [1.807, 2.05) is 31.9 Å². The zero-order valence-electron chi connectivity index (χ0n) is 12.2. The van der Waals surface area contributed by atoms with Gasteiger partial charge >= 0.3 is 0 Å². The molecule has 2 rings (SSSR count). The molecular formula is C15H16N4O2. The predicted molar refractivity (Wildman–Crippen MR) is 81.2 cm³/mol. The fourth-order valence-corrected chi connectivity index (χ4v) is 2.30. The third-order valence-corrected chi connectivity index (χ3v) is 3.29. The fourth-order valence-electron chi connectivity index (χ4n) is 2.30. The number of nitriles is 1. The second kappa shape index (κ2) is 5.75. The zero-order valence-corrected chi connectivity index (χ0v) is 12.2. The average molecular weight is 284 g/mol. The van der Waals surface area contributed by atoms with Crippen LogP contribution in [-0.2, 0) is 0 Å². The third-order valence-electron chi connectivity index (χ3n) is 3.29. The van der Waals surface area contributed by atoms with E-state index in [4.69, 9.17) is 5.26 Å². The summed E-state index contributed by atoms with van der Waals surface area (Å²) >= 11 is 0. The van der Waals surface area contributed by atoms with Gasteiger partial charge in [0.1, 0.15) is 0 Å². The van der Waals surface area contributed by atoms with Crippen molar-refractivity contribution in [2.24, 2.45) is 5.92 Å². The van der Waals surface area contributed by atoms with Crippen molar-refractivity contribution in [3.05, 3.63) is 40.1 Å². The fraction of sp³-hybridized carbons (Fsp3) is 0.333. The van der Waals surface area contributed by atoms with Gasteiger partial charge < -0.3 is 4.90 Å². The molecule has 1 atom stereocenters. The molecule has 0 spiro atoms. The monoisotopic (exact) mass is 284 g/mol. The topological polar surface area (TPSA) is 83.1 Å². The van der Waals surface area contributed by atoms with Gasteiger partial charge in [0.05, 0.1) is 22.4 Å². The van der Waals surface area contributed by atoms with E-state index >= 15 is 0 Å². The molecule has 1 heterocycles. The molecule has 6 heteroatoms. The second-order valence-electron chi connectivity index (χ2n) is 5.15. The predicted octanol–water partition coefficient (Wildman–Crippen LogP) is 3.05. The van der Waals surface area contributed by atoms with Gasteiger partial charge in [0.15, 0.2) is 0 Å². The SMILES string of the molecule is Cc1cc(N(C)CC(C)C#N)c2cc([N+](=O)[O-])ccc2n1. The molecule has 0 aliphatic rings. The number of fused-ring (bicyclic) bond motifs is 1. The van der Waals surface area contributed by atoms with Crippen LogP contribution >= 0.6 is 0 Å². The Balaban J connectivity index is 2.57. The van der Waals surface area contributed by atoms with Gasteiger partial charge in [0.2, 0.25) is 0 Å². The maximum atomic E-state index is 10.9. The molecule has 1 aromatic heterocycles. The van der Waals surface area contributed by atoms with E-state index in [0.717, 1.165) is 16.8 Å². The van der Waals surface area contributed by atoms with Crippen LogP contribution in [0, 0.1) is 34.3 Å². The first-order valence-corrected chi connectivity index (χ1v) is 6.59. The third kappa shape index (κ3) is 3.08. The number of nitro benzene ring substituents is 1. The molecule has 0 saturated heterocycles. The van der Waals surface area contributed by atoms with E-state index in [1.54, 1.807) is 6.07 Å². The maximum absolute atomic E-state index is 10.9. The van der Waals surface area contributed by atoms with Crippen molar-refractivity contribution in [1.82, 2.24) is 4.98 Å². The van der Waals surface area contributed by atoms with Crippen LogP contribution < -0.4 is 4.90 Å². The Morgan fingerprint density at radius 3 is 2.81 bits per heavy atom. The molecule has 0 aliphatic heterocycles. The van der Waals surface area contributed by atoms with Crippen LogP contribution in [0.5, 0.6) is 0 Å². The van der Waals surface area contributed by atoms with Gasteiger partial charge in [-0.2, -0.15) is 5.26 Å². The summed E-state index contributed by atoms with van der Waals surface area (Å²) in [5.74, 6) is -0.128. The number of hydrogen-bond donors (Lipinski definition) is 0. The van der Waals surface area contributed by atoms with Crippen molar-refractivity contribution < 1.29 is 4.92 Å². The minimum atomic E-state index is -0.416. The average Bonchev–Trinajstić information content (AvgIpc) is 2.45. The largest absolute Gasteiger partial charge is 0.373 e. The summed E-state index contributed by atoms with van der Waals surface area (Å²) in [5.41, 5.74) is 2.44. The van der Waals surface area contributed by atoms with Crippen LogP contribution in [0.4, 0.5) is 11.4 Å². The Morgan fingerprint density at radius 2 is 2.19 bits per heavy atom. The molecule has 1 unspecified atom stereocenters. The molecule has 6 nitrogen and oxygen atoms in total. The molecule has 0 radical (unpaired) electrons. The summed E-state index contributed by atoms with van der Waals surface area (Å²) < 4.78 is 0. The van der Waals surface area contributed by atoms with Crippen LogP contribution in [0.1, 0.15) is 12.6 Å². The van der Waals surface area contributed by atoms with Crippen molar-refractivity contribution in [3.63, 3.8) is 0 Å². The maximum Gasteiger partial charge on any atom is 0.270 e. The van der Waals surface area contributed by atoms with E-state index in [1.165, 1.54) is 12.1 Å². The van der Waals surface area contributed by atoms with Gasteiger partial charge in [0.25, 0.3) is 5.69 Å². The Labute approximate surface area is 122 Å². The zero-order chi connectivity index (χ0) is 15.6. The number of pyridine rings is 1. The minimum Gasteiger partial charge on any atom is -0.373 e. The molecule has 0 fully saturated rings. The quantitative estimate of drug-likeness (QED) is 0.636. The molecular weight excluding hydrogens is 268 g/mol. The molecule has 0 amide bonds. The van der Waals surface area contributed by atoms with Crippen molar-refractivity contribution in [2.45, 2.75) is 13.8 Å². The van der Waals surface area contributed by atoms with Gasteiger partial charge in [-0.3, -0.25) is 15.1 Å². The first-order chi connectivity index (χ1) is 9.92. The van der Waals surface area contributed by atoms with Gasteiger partial charge in [0, 0.05) is 42.5 Å². The number of aryl methyl sites for hydroxylation is 1. The summed E-state index contributed by atoms with van der Waals surface area (Å²) in [6.07, 6.45) is 0. The van der Waals surface area contributed by atoms with Crippen molar-refractivity contribution >= 4 is 22.3 Å². The standard InChI is InChI=1S/C15H16N4O2/c1-10(8-16)9-18(3)15-6-11(2)17-14-5-4-12(19(20)21)7-13(14)15/h4-7,10H,9H2,1-3H3. The van der Waals surface area contributed by atoms with Gasteiger partial charge in [-0.05, 0) is 26.0 Å². The minimum absolute atomic E-state index is 0.0381. The number of hydrogen-bond acceptors (Lipinski definition) is 5. The number of non-ortho nitro benzene ring substituents is 1. The molecule has 0 saturated carbocycles. The summed E-state index contributed by atoms with van der Waals surface area (Å²) in [4.78, 5) is 16.9. The highest BCUT2D eigenvalue weighted by molar-refractivity contribution is 5.93. The molecule has 21 heavy (non-hydrogen) atoms. The Bertz CT molecular complexity index is 736. The number of rotatable bonds is 4. The van der Waals surface area contributed by atoms with Crippen LogP contribution in [0.25, 0.3) is 10.9 Å². The number of benzene rings is 1. The van der Waals surface area contributed by atoms with E-state index in [-0.39, 0.29) is 11.6 Å². The number of aromatic nitrogens is 1. The van der Waals surface area contributed by atoms with E-state index in [2.05, 4.69) is 11.1 Å². The molecule has 0 bridgehead atoms. The smallest absolute Gasteiger partial charge is 0.270 e. The highest BCUT2D eigenvalue weighted by Gasteiger charge is 2.14. The number of nitro groups is 1. The van der Waals surface area contributed by atoms with Crippen molar-refractivity contribution in [3.8, 4) is 6.07 Å². The van der Waals surface area contributed by atoms with Crippen LogP contribution in [0.2, 0.25) is 0 Å². The Hall–Kier alpha value is -2.68. The first-order valence-electron chi connectivity index (χ1n) is 6.59. The summed E-state index contributed by atoms with van der Waals surface area (Å²) in [7, 11) is 1.88. The summed E-state index contributed by atoms with van der Waals surface area (Å²) in [6, 6.07) is 8.72. The normalized spacial score (nSPS) is 11.9. The van der Waals surface area contributed by atoms with Crippen LogP contribution in [0.15, 0.2) is 24.3 Å². The molecule has 0 N–H and O–H groups in total. The molecule has 2 aromatic rings. The lowest BCUT2D eigenvalue weighted by Gasteiger charge is -2.22. The lowest BCUT2D eigenvalue weighted by molar-refractivity contribution is -0.384. The summed E-state index contributed by atoms with van der Waals surface area (Å²) in [5, 5.41) is 20.6. The van der Waals surface area contributed by atoms with E-state index in [9.17, 15) is 10.1 Å². The van der Waals surface area contributed by atoms with Gasteiger partial charge in [-0.25, -0.2) is 0 Å². The summed E-state index contributed by atoms with van der Waals surface area (Å²) in [6.45, 7) is 4.28. The lowest BCUT2D eigenvalue weighted by atomic mass is 10.1. The van der Waals surface area contributed by atoms with Crippen LogP contribution in [-0.4, -0.2) is 23.5 Å².